The molecule has 0 aliphatic rings. The van der Waals surface area contributed by atoms with Crippen molar-refractivity contribution in [2.45, 2.75) is 0 Å². The average molecular weight is 199 g/mol. The van der Waals surface area contributed by atoms with Crippen LogP contribution in [0.15, 0.2) is 34.9 Å². The van der Waals surface area contributed by atoms with E-state index in [1.165, 1.54) is 0 Å². The van der Waals surface area contributed by atoms with Gasteiger partial charge in [0.1, 0.15) is 0 Å². The first kappa shape index (κ1) is 3.58. The summed E-state index contributed by atoms with van der Waals surface area (Å²) >= 11 is 3.13. The summed E-state index contributed by atoms with van der Waals surface area (Å²) in [5.74, 6) is 0. The molecular weight excluding hydrogens is 190 g/mol. The number of nitrogens with one attached hydrogen (secondary N) is 1. The molecule has 0 saturated carbocycles. The monoisotopic (exact) mass is 198 g/mol. The number of aromatic amines is 1. The number of rotatable bonds is 0. The van der Waals surface area contributed by atoms with Gasteiger partial charge in [-0.25, -0.2) is 0 Å². The summed E-state index contributed by atoms with van der Waals surface area (Å²) in [6.45, 7) is 0. The first-order valence-corrected chi connectivity index (χ1v) is 3.64. The van der Waals surface area contributed by atoms with Crippen molar-refractivity contribution in [2.24, 2.45) is 0 Å². The highest BCUT2D eigenvalue weighted by Gasteiger charge is 1.92. The molecule has 10 heavy (non-hydrogen) atoms. The molecule has 0 unspecified atom stereocenters. The molecule has 0 bridgehead atoms. The molecule has 1 aromatic carbocycles. The lowest BCUT2D eigenvalue weighted by molar-refractivity contribution is 1.48. The van der Waals surface area contributed by atoms with E-state index in [4.69, 9.17) is 4.11 Å². The highest BCUT2D eigenvalue weighted by atomic mass is 79.9. The van der Waals surface area contributed by atoms with Crippen LogP contribution in [0.3, 0.4) is 0 Å². The summed E-state index contributed by atoms with van der Waals surface area (Å²) < 4.78 is 23.2. The third-order valence-electron chi connectivity index (χ3n) is 1.29. The van der Waals surface area contributed by atoms with Gasteiger partial charge in [-0.1, -0.05) is 15.9 Å². The SMILES string of the molecule is [2H]c1c(Br)c([2H])c2cc[nH]c2c1[2H]. The van der Waals surface area contributed by atoms with Gasteiger partial charge in [0.25, 0.3) is 0 Å². The molecule has 2 aromatic rings. The number of hydrogen-bond acceptors (Lipinski definition) is 0. The molecule has 0 amide bonds. The Kier molecular flexibility index (Phi) is 0.762. The summed E-state index contributed by atoms with van der Waals surface area (Å²) in [5, 5.41) is 0.674. The van der Waals surface area contributed by atoms with E-state index in [0.29, 0.717) is 15.4 Å². The molecule has 0 radical (unpaired) electrons. The summed E-state index contributed by atoms with van der Waals surface area (Å²) in [7, 11) is 0. The first-order chi connectivity index (χ1) is 6.13. The highest BCUT2D eigenvalue weighted by Crippen LogP contribution is 2.17. The maximum absolute atomic E-state index is 7.67. The predicted molar refractivity (Wildman–Crippen MR) is 46.0 cm³/mol. The van der Waals surface area contributed by atoms with Crippen LogP contribution in [0.25, 0.3) is 10.9 Å². The Bertz CT molecular complexity index is 436. The molecule has 0 aliphatic carbocycles. The van der Waals surface area contributed by atoms with Gasteiger partial charge in [0.15, 0.2) is 0 Å². The zero-order valence-corrected chi connectivity index (χ0v) is 6.62. The van der Waals surface area contributed by atoms with E-state index in [1.54, 1.807) is 12.3 Å². The fourth-order valence-corrected chi connectivity index (χ4v) is 1.16. The smallest absolute Gasteiger partial charge is 0.0645 e. The second kappa shape index (κ2) is 2.13. The maximum atomic E-state index is 7.67. The van der Waals surface area contributed by atoms with E-state index in [-0.39, 0.29) is 18.1 Å². The Morgan fingerprint density at radius 3 is 3.30 bits per heavy atom. The molecule has 1 heterocycles. The topological polar surface area (TPSA) is 15.8 Å². The lowest BCUT2D eigenvalue weighted by Crippen LogP contribution is -1.65. The van der Waals surface area contributed by atoms with Crippen molar-refractivity contribution in [1.29, 1.82) is 0 Å². The third-order valence-corrected chi connectivity index (χ3v) is 1.69. The molecule has 0 aliphatic heterocycles. The van der Waals surface area contributed by atoms with Crippen molar-refractivity contribution in [3.63, 3.8) is 0 Å². The number of benzene rings is 1. The predicted octanol–water partition coefficient (Wildman–Crippen LogP) is 2.93. The van der Waals surface area contributed by atoms with Crippen molar-refractivity contribution in [2.75, 3.05) is 0 Å². The average Bonchev–Trinajstić information content (AvgIpc) is 2.59. The summed E-state index contributed by atoms with van der Waals surface area (Å²) in [6.07, 6.45) is 1.67. The van der Waals surface area contributed by atoms with E-state index in [9.17, 15) is 0 Å². The molecule has 1 aromatic heterocycles. The van der Waals surface area contributed by atoms with E-state index in [1.807, 2.05) is 0 Å². The van der Waals surface area contributed by atoms with Crippen molar-refractivity contribution >= 4 is 26.8 Å². The van der Waals surface area contributed by atoms with Crippen LogP contribution in [0.4, 0.5) is 0 Å². The number of halogens is 1. The molecule has 0 saturated heterocycles. The Balaban J connectivity index is 3.02. The van der Waals surface area contributed by atoms with Crippen LogP contribution in [0, 0.1) is 0 Å². The summed E-state index contributed by atoms with van der Waals surface area (Å²) in [5.41, 5.74) is 0.554. The lowest BCUT2D eigenvalue weighted by atomic mass is 10.3. The lowest BCUT2D eigenvalue weighted by Gasteiger charge is -1.88. The summed E-state index contributed by atoms with van der Waals surface area (Å²) in [4.78, 5) is 2.85. The van der Waals surface area contributed by atoms with Gasteiger partial charge < -0.3 is 4.98 Å². The van der Waals surface area contributed by atoms with Gasteiger partial charge in [0.05, 0.1) is 4.11 Å². The minimum atomic E-state index is 0.0555. The van der Waals surface area contributed by atoms with Crippen LogP contribution in [0.1, 0.15) is 4.11 Å². The standard InChI is InChI=1S/C8H6BrN/c9-7-1-2-8-6(5-7)3-4-10-8/h1-5,10H/i1D,2D,5D. The first-order valence-electron chi connectivity index (χ1n) is 4.35. The van der Waals surface area contributed by atoms with Crippen LogP contribution in [0.2, 0.25) is 0 Å². The Morgan fingerprint density at radius 2 is 2.40 bits per heavy atom. The zero-order valence-electron chi connectivity index (χ0n) is 8.03. The van der Waals surface area contributed by atoms with Gasteiger partial charge in [-0.3, -0.25) is 0 Å². The maximum Gasteiger partial charge on any atom is 0.0645 e. The van der Waals surface area contributed by atoms with E-state index in [0.717, 1.165) is 0 Å². The number of hydrogen-bond donors (Lipinski definition) is 1. The molecule has 1 nitrogen and oxygen atoms in total. The Labute approximate surface area is 71.4 Å². The largest absolute Gasteiger partial charge is 0.361 e. The third kappa shape index (κ3) is 0.847. The van der Waals surface area contributed by atoms with Gasteiger partial charge in [-0.05, 0) is 24.2 Å². The van der Waals surface area contributed by atoms with E-state index in [2.05, 4.69) is 20.9 Å². The van der Waals surface area contributed by atoms with Crippen molar-refractivity contribution in [3.05, 3.63) is 34.9 Å². The fraction of sp³-hybridized carbons (Fsp3) is 0. The van der Waals surface area contributed by atoms with Crippen LogP contribution in [-0.4, -0.2) is 4.98 Å². The quantitative estimate of drug-likeness (QED) is 0.671. The van der Waals surface area contributed by atoms with E-state index >= 15 is 0 Å². The molecule has 2 rings (SSSR count). The van der Waals surface area contributed by atoms with Gasteiger partial charge in [-0.2, -0.15) is 0 Å². The normalized spacial score (nSPS) is 14.7. The van der Waals surface area contributed by atoms with Crippen LogP contribution in [0.5, 0.6) is 0 Å². The van der Waals surface area contributed by atoms with Crippen molar-refractivity contribution in [1.82, 2.24) is 4.98 Å². The minimum absolute atomic E-state index is 0.0555. The molecule has 0 spiro atoms. The molecule has 0 atom stereocenters. The van der Waals surface area contributed by atoms with Crippen LogP contribution >= 0.6 is 15.9 Å². The second-order valence-electron chi connectivity index (χ2n) is 1.96. The second-order valence-corrected chi connectivity index (χ2v) is 2.75. The molecule has 1 N–H and O–H groups in total. The van der Waals surface area contributed by atoms with Crippen LogP contribution < -0.4 is 0 Å². The molecule has 2 heteroatoms. The van der Waals surface area contributed by atoms with Gasteiger partial charge >= 0.3 is 0 Å². The molecular formula is C8H6BrN. The highest BCUT2D eigenvalue weighted by molar-refractivity contribution is 9.10. The van der Waals surface area contributed by atoms with Crippen molar-refractivity contribution < 1.29 is 4.11 Å². The Hall–Kier alpha value is -0.760. The number of fused-ring (bicyclic) bond motifs is 1. The number of H-pyrrole nitrogens is 1. The number of aromatic nitrogens is 1. The Morgan fingerprint density at radius 1 is 1.50 bits per heavy atom. The van der Waals surface area contributed by atoms with E-state index < -0.39 is 0 Å². The van der Waals surface area contributed by atoms with Gasteiger partial charge in [0, 0.05) is 21.6 Å². The van der Waals surface area contributed by atoms with Gasteiger partial charge in [0.2, 0.25) is 0 Å². The zero-order chi connectivity index (χ0) is 9.59. The van der Waals surface area contributed by atoms with Crippen molar-refractivity contribution in [3.8, 4) is 0 Å². The molecule has 0 fully saturated rings. The fourth-order valence-electron chi connectivity index (χ4n) is 0.844. The van der Waals surface area contributed by atoms with Gasteiger partial charge in [-0.15, -0.1) is 0 Å². The summed E-state index contributed by atoms with van der Waals surface area (Å²) in [6, 6.07) is 2.18. The van der Waals surface area contributed by atoms with Crippen LogP contribution in [-0.2, 0) is 0 Å². The molecule has 50 valence electrons. The minimum Gasteiger partial charge on any atom is -0.361 e.